The third-order valence-electron chi connectivity index (χ3n) is 8.33. The molecule has 0 saturated carbocycles. The largest absolute Gasteiger partial charge is 0.494 e. The van der Waals surface area contributed by atoms with Crippen LogP contribution in [-0.2, 0) is 52.4 Å². The Bertz CT molecular complexity index is 1410. The molecule has 0 bridgehead atoms. The zero-order valence-electron chi connectivity index (χ0n) is 37.4. The van der Waals surface area contributed by atoms with E-state index in [0.29, 0.717) is 18.6 Å². The van der Waals surface area contributed by atoms with Crippen LogP contribution in [0.5, 0.6) is 5.75 Å². The predicted octanol–water partition coefficient (Wildman–Crippen LogP) is 4.91. The van der Waals surface area contributed by atoms with Gasteiger partial charge in [-0.1, -0.05) is 44.9 Å². The van der Waals surface area contributed by atoms with Gasteiger partial charge in [0.1, 0.15) is 36.2 Å². The van der Waals surface area contributed by atoms with E-state index in [4.69, 9.17) is 38.3 Å². The first-order chi connectivity index (χ1) is 28.9. The summed E-state index contributed by atoms with van der Waals surface area (Å²) in [7, 11) is 0. The van der Waals surface area contributed by atoms with Crippen LogP contribution in [0.1, 0.15) is 129 Å². The van der Waals surface area contributed by atoms with Gasteiger partial charge in [-0.2, -0.15) is 0 Å². The van der Waals surface area contributed by atoms with Gasteiger partial charge in [-0.25, -0.2) is 14.4 Å². The number of benzene rings is 1. The number of nitrogens with one attached hydrogen (secondary N) is 3. The van der Waals surface area contributed by atoms with Gasteiger partial charge in [-0.05, 0) is 85.1 Å². The van der Waals surface area contributed by atoms with Gasteiger partial charge in [0.25, 0.3) is 0 Å². The lowest BCUT2D eigenvalue weighted by Gasteiger charge is -2.24. The molecule has 1 atom stereocenters. The van der Waals surface area contributed by atoms with E-state index in [1.54, 1.807) is 45.0 Å². The summed E-state index contributed by atoms with van der Waals surface area (Å²) < 4.78 is 37.5. The molecule has 61 heavy (non-hydrogen) atoms. The average Bonchev–Trinajstić information content (AvgIpc) is 3.17. The van der Waals surface area contributed by atoms with Crippen LogP contribution in [0.15, 0.2) is 24.3 Å². The average molecular weight is 868 g/mol. The summed E-state index contributed by atoms with van der Waals surface area (Å²) in [5.41, 5.74) is -0.792. The summed E-state index contributed by atoms with van der Waals surface area (Å²) in [4.78, 5) is 72.4. The number of ether oxygens (including phenoxy) is 7. The Morgan fingerprint density at radius 3 is 1.62 bits per heavy atom. The van der Waals surface area contributed by atoms with Crippen molar-refractivity contribution >= 4 is 35.6 Å². The quantitative estimate of drug-likeness (QED) is 0.0526. The molecule has 1 aromatic rings. The third-order valence-corrected chi connectivity index (χ3v) is 8.33. The fourth-order valence-corrected chi connectivity index (χ4v) is 5.43. The molecule has 0 spiro atoms. The first-order valence-corrected chi connectivity index (χ1v) is 21.5. The summed E-state index contributed by atoms with van der Waals surface area (Å²) in [5, 5.41) is 16.6. The van der Waals surface area contributed by atoms with Crippen LogP contribution in [-0.4, -0.2) is 131 Å². The molecule has 0 aliphatic rings. The monoisotopic (exact) mass is 868 g/mol. The van der Waals surface area contributed by atoms with Crippen molar-refractivity contribution in [3.63, 3.8) is 0 Å². The summed E-state index contributed by atoms with van der Waals surface area (Å²) >= 11 is 0. The van der Waals surface area contributed by atoms with Crippen molar-refractivity contribution in [3.05, 3.63) is 29.8 Å². The number of carboxylic acids is 1. The first kappa shape index (κ1) is 54.7. The molecule has 17 nitrogen and oxygen atoms in total. The topological polar surface area (TPSA) is 223 Å². The van der Waals surface area contributed by atoms with E-state index < -0.39 is 29.2 Å². The normalized spacial score (nSPS) is 12.0. The molecule has 4 N–H and O–H groups in total. The smallest absolute Gasteiger partial charge is 0.338 e. The fraction of sp³-hybridized carbons (Fsp3) is 0.727. The Balaban J connectivity index is 2.14. The maximum Gasteiger partial charge on any atom is 0.338 e. The van der Waals surface area contributed by atoms with Crippen molar-refractivity contribution in [2.45, 2.75) is 136 Å². The molecule has 0 heterocycles. The van der Waals surface area contributed by atoms with E-state index in [0.717, 1.165) is 57.1 Å². The standard InChI is InChI=1S/C44H73N3O14/c1-43(2,3)60-41(53)34-17-19-35(20-18-34)59-25-15-13-11-9-7-8-10-12-14-16-38(49)47-36(42(54)61-44(4,5)6)21-22-37(48)45-23-26-55-28-30-57-32-39(50)46-24-27-56-29-31-58-33-40(51)52/h17-20,36H,7-16,21-33H2,1-6H3,(H,45,48)(H,46,50)(H,47,49)(H,51,52)/t36-/m0/s1. The number of amides is 3. The fourth-order valence-electron chi connectivity index (χ4n) is 5.43. The highest BCUT2D eigenvalue weighted by Gasteiger charge is 2.27. The zero-order chi connectivity index (χ0) is 45.4. The van der Waals surface area contributed by atoms with Crippen LogP contribution in [0.25, 0.3) is 0 Å². The van der Waals surface area contributed by atoms with E-state index in [-0.39, 0.29) is 109 Å². The maximum atomic E-state index is 12.9. The van der Waals surface area contributed by atoms with Gasteiger partial charge in [0.05, 0.1) is 51.8 Å². The van der Waals surface area contributed by atoms with E-state index in [9.17, 15) is 28.8 Å². The zero-order valence-corrected chi connectivity index (χ0v) is 37.4. The molecule has 3 amide bonds. The molecule has 348 valence electrons. The Morgan fingerprint density at radius 1 is 0.557 bits per heavy atom. The van der Waals surface area contributed by atoms with Gasteiger partial charge in [0, 0.05) is 25.9 Å². The second kappa shape index (κ2) is 32.4. The SMILES string of the molecule is CC(C)(C)OC(=O)c1ccc(OCCCCCCCCCCCC(=O)N[C@@H](CCC(=O)NCCOCCOCC(=O)NCCOCCOCC(=O)O)C(=O)OC(C)(C)C)cc1. The molecule has 0 aliphatic carbocycles. The number of carbonyl (C=O) groups is 6. The van der Waals surface area contributed by atoms with Gasteiger partial charge in [0.15, 0.2) is 0 Å². The molecule has 0 aromatic heterocycles. The second-order valence-corrected chi connectivity index (χ2v) is 16.4. The van der Waals surface area contributed by atoms with E-state index in [1.165, 1.54) is 0 Å². The first-order valence-electron chi connectivity index (χ1n) is 21.5. The molecular weight excluding hydrogens is 794 g/mol. The number of rotatable bonds is 35. The summed E-state index contributed by atoms with van der Waals surface area (Å²) in [6.07, 6.45) is 9.51. The molecule has 0 aliphatic heterocycles. The molecular formula is C44H73N3O14. The summed E-state index contributed by atoms with van der Waals surface area (Å²) in [5.74, 6) is -2.13. The minimum atomic E-state index is -1.05. The van der Waals surface area contributed by atoms with Crippen LogP contribution in [0.3, 0.4) is 0 Å². The number of aliphatic carboxylic acids is 1. The van der Waals surface area contributed by atoms with Gasteiger partial charge in [-0.15, -0.1) is 0 Å². The van der Waals surface area contributed by atoms with Gasteiger partial charge < -0.3 is 54.2 Å². The van der Waals surface area contributed by atoms with Crippen LogP contribution >= 0.6 is 0 Å². The van der Waals surface area contributed by atoms with Gasteiger partial charge in [-0.3, -0.25) is 14.4 Å². The number of esters is 2. The van der Waals surface area contributed by atoms with Crippen LogP contribution < -0.4 is 20.7 Å². The Hall–Kier alpha value is -4.32. The lowest BCUT2D eigenvalue weighted by Crippen LogP contribution is -2.44. The van der Waals surface area contributed by atoms with Gasteiger partial charge in [0.2, 0.25) is 17.7 Å². The molecule has 1 rings (SSSR count). The molecule has 1 aromatic carbocycles. The minimum Gasteiger partial charge on any atom is -0.494 e. The van der Waals surface area contributed by atoms with E-state index >= 15 is 0 Å². The number of hydrogen-bond acceptors (Lipinski definition) is 13. The van der Waals surface area contributed by atoms with Crippen molar-refractivity contribution in [1.82, 2.24) is 16.0 Å². The number of unbranched alkanes of at least 4 members (excludes halogenated alkanes) is 8. The van der Waals surface area contributed by atoms with Gasteiger partial charge >= 0.3 is 17.9 Å². The summed E-state index contributed by atoms with van der Waals surface area (Å²) in [6, 6.07) is 6.06. The number of hydrogen-bond donors (Lipinski definition) is 4. The van der Waals surface area contributed by atoms with Crippen LogP contribution in [0.4, 0.5) is 0 Å². The molecule has 17 heteroatoms. The highest BCUT2D eigenvalue weighted by molar-refractivity contribution is 5.89. The lowest BCUT2D eigenvalue weighted by molar-refractivity contribution is -0.159. The van der Waals surface area contributed by atoms with E-state index in [1.807, 2.05) is 20.8 Å². The Morgan fingerprint density at radius 2 is 1.07 bits per heavy atom. The Labute approximate surface area is 362 Å². The highest BCUT2D eigenvalue weighted by atomic mass is 16.6. The highest BCUT2D eigenvalue weighted by Crippen LogP contribution is 2.17. The lowest BCUT2D eigenvalue weighted by atomic mass is 10.1. The van der Waals surface area contributed by atoms with Crippen molar-refractivity contribution in [3.8, 4) is 5.75 Å². The van der Waals surface area contributed by atoms with Crippen molar-refractivity contribution < 1.29 is 67.0 Å². The van der Waals surface area contributed by atoms with Crippen LogP contribution in [0.2, 0.25) is 0 Å². The van der Waals surface area contributed by atoms with Crippen molar-refractivity contribution in [1.29, 1.82) is 0 Å². The predicted molar refractivity (Wildman–Crippen MR) is 227 cm³/mol. The molecule has 0 radical (unpaired) electrons. The van der Waals surface area contributed by atoms with E-state index in [2.05, 4.69) is 16.0 Å². The minimum absolute atomic E-state index is 0.00411. The summed E-state index contributed by atoms with van der Waals surface area (Å²) in [6.45, 7) is 12.5. The third kappa shape index (κ3) is 33.0. The molecule has 0 unspecified atom stereocenters. The second-order valence-electron chi connectivity index (χ2n) is 16.4. The maximum absolute atomic E-state index is 12.9. The molecule has 0 fully saturated rings. The number of carbonyl (C=O) groups excluding carboxylic acids is 5. The van der Waals surface area contributed by atoms with Crippen molar-refractivity contribution in [2.24, 2.45) is 0 Å². The number of carboxylic acid groups (broad SMARTS) is 1. The Kier molecular flexibility index (Phi) is 29.1. The van der Waals surface area contributed by atoms with Crippen molar-refractivity contribution in [2.75, 3.05) is 72.6 Å². The molecule has 0 saturated heterocycles. The van der Waals surface area contributed by atoms with Crippen LogP contribution in [0, 0.1) is 0 Å².